The molecule has 3 N–H and O–H groups in total. The number of rotatable bonds is 8. The summed E-state index contributed by atoms with van der Waals surface area (Å²) in [4.78, 5) is 60.0. The second-order valence-electron chi connectivity index (χ2n) is 12.8. The highest BCUT2D eigenvalue weighted by Gasteiger charge is 2.44. The highest BCUT2D eigenvalue weighted by Crippen LogP contribution is 2.28. The number of nitrogens with one attached hydrogen (secondary N) is 2. The van der Waals surface area contributed by atoms with Crippen LogP contribution in [-0.2, 0) is 25.7 Å². The first-order chi connectivity index (χ1) is 19.5. The molecule has 1 aromatic heterocycles. The van der Waals surface area contributed by atoms with E-state index in [1.165, 1.54) is 11.9 Å². The SMILES string of the molecule is Cc1ncsc1-c1ccc(CNC(=O)[C@@H]2C[C@@H](O)CN2C(=O)[C@@H](NC(=O)CN(C)C(=O)OC(C)(C)C)C(C)(C)C)cc1. The Hall–Kier alpha value is -3.51. The Balaban J connectivity index is 1.65. The molecule has 0 bridgehead atoms. The molecule has 2 aromatic rings. The number of hydrogen-bond acceptors (Lipinski definition) is 8. The van der Waals surface area contributed by atoms with Crippen molar-refractivity contribution in [3.63, 3.8) is 0 Å². The number of benzene rings is 1. The lowest BCUT2D eigenvalue weighted by Crippen LogP contribution is -2.58. The van der Waals surface area contributed by atoms with Crippen LogP contribution in [0.2, 0.25) is 0 Å². The van der Waals surface area contributed by atoms with Crippen molar-refractivity contribution in [1.29, 1.82) is 0 Å². The highest BCUT2D eigenvalue weighted by atomic mass is 32.1. The Morgan fingerprint density at radius 2 is 1.79 bits per heavy atom. The van der Waals surface area contributed by atoms with Crippen LogP contribution in [0.25, 0.3) is 10.4 Å². The molecule has 1 aliphatic rings. The molecule has 3 rings (SSSR count). The smallest absolute Gasteiger partial charge is 0.410 e. The van der Waals surface area contributed by atoms with Gasteiger partial charge < -0.3 is 30.3 Å². The summed E-state index contributed by atoms with van der Waals surface area (Å²) < 4.78 is 5.29. The molecular weight excluding hydrogens is 558 g/mol. The first kappa shape index (κ1) is 33.0. The van der Waals surface area contributed by atoms with E-state index in [0.717, 1.165) is 26.6 Å². The van der Waals surface area contributed by atoms with Gasteiger partial charge in [0.25, 0.3) is 0 Å². The minimum absolute atomic E-state index is 0.0277. The Kier molecular flexibility index (Phi) is 10.4. The molecule has 0 saturated carbocycles. The van der Waals surface area contributed by atoms with Gasteiger partial charge in [0.1, 0.15) is 24.2 Å². The molecule has 0 radical (unpaired) electrons. The number of hydrogen-bond donors (Lipinski definition) is 3. The summed E-state index contributed by atoms with van der Waals surface area (Å²) in [5.41, 5.74) is 3.27. The van der Waals surface area contributed by atoms with Gasteiger partial charge in [-0.1, -0.05) is 45.0 Å². The summed E-state index contributed by atoms with van der Waals surface area (Å²) in [6.07, 6.45) is -1.45. The van der Waals surface area contributed by atoms with Gasteiger partial charge in [-0.15, -0.1) is 11.3 Å². The molecule has 4 amide bonds. The van der Waals surface area contributed by atoms with Gasteiger partial charge in [-0.25, -0.2) is 9.78 Å². The van der Waals surface area contributed by atoms with Crippen molar-refractivity contribution < 1.29 is 29.0 Å². The Labute approximate surface area is 251 Å². The molecule has 2 heterocycles. The first-order valence-corrected chi connectivity index (χ1v) is 14.8. The first-order valence-electron chi connectivity index (χ1n) is 14.0. The fourth-order valence-corrected chi connectivity index (χ4v) is 5.42. The van der Waals surface area contributed by atoms with E-state index in [9.17, 15) is 24.3 Å². The summed E-state index contributed by atoms with van der Waals surface area (Å²) in [7, 11) is 1.44. The van der Waals surface area contributed by atoms with Gasteiger partial charge in [0, 0.05) is 26.6 Å². The van der Waals surface area contributed by atoms with E-state index < -0.39 is 47.1 Å². The molecule has 11 nitrogen and oxygen atoms in total. The molecule has 0 spiro atoms. The largest absolute Gasteiger partial charge is 0.444 e. The van der Waals surface area contributed by atoms with Crippen molar-refractivity contribution in [2.45, 2.75) is 85.2 Å². The zero-order valence-electron chi connectivity index (χ0n) is 25.7. The van der Waals surface area contributed by atoms with Crippen molar-refractivity contribution in [1.82, 2.24) is 25.4 Å². The number of aliphatic hydroxyl groups is 1. The van der Waals surface area contributed by atoms with Crippen molar-refractivity contribution in [3.8, 4) is 10.4 Å². The molecule has 3 atom stereocenters. The van der Waals surface area contributed by atoms with Gasteiger partial charge in [0.2, 0.25) is 17.7 Å². The number of likely N-dealkylation sites (tertiary alicyclic amines) is 1. The monoisotopic (exact) mass is 601 g/mol. The number of aromatic nitrogens is 1. The van der Waals surface area contributed by atoms with Gasteiger partial charge in [0.15, 0.2) is 0 Å². The molecule has 42 heavy (non-hydrogen) atoms. The number of thiazole rings is 1. The van der Waals surface area contributed by atoms with E-state index in [1.54, 1.807) is 58.4 Å². The predicted molar refractivity (Wildman–Crippen MR) is 161 cm³/mol. The topological polar surface area (TPSA) is 141 Å². The number of carbonyl (C=O) groups excluding carboxylic acids is 4. The van der Waals surface area contributed by atoms with Gasteiger partial charge >= 0.3 is 6.09 Å². The summed E-state index contributed by atoms with van der Waals surface area (Å²) in [5.74, 6) is -1.41. The molecular formula is C30H43N5O6S. The maximum atomic E-state index is 13.8. The van der Waals surface area contributed by atoms with E-state index in [1.807, 2.05) is 31.2 Å². The summed E-state index contributed by atoms with van der Waals surface area (Å²) >= 11 is 1.57. The fourth-order valence-electron chi connectivity index (χ4n) is 4.61. The van der Waals surface area contributed by atoms with Crippen LogP contribution in [0.15, 0.2) is 29.8 Å². The average Bonchev–Trinajstić information content (AvgIpc) is 3.49. The molecule has 1 saturated heterocycles. The predicted octanol–water partition coefficient (Wildman–Crippen LogP) is 3.09. The van der Waals surface area contributed by atoms with E-state index in [0.29, 0.717) is 0 Å². The highest BCUT2D eigenvalue weighted by molar-refractivity contribution is 7.13. The van der Waals surface area contributed by atoms with Crippen LogP contribution < -0.4 is 10.6 Å². The number of aryl methyl sites for hydroxylation is 1. The minimum atomic E-state index is -1.000. The van der Waals surface area contributed by atoms with Crippen LogP contribution in [-0.4, -0.2) is 87.6 Å². The van der Waals surface area contributed by atoms with E-state index in [2.05, 4.69) is 15.6 Å². The Morgan fingerprint density at radius 3 is 2.33 bits per heavy atom. The zero-order chi connectivity index (χ0) is 31.4. The van der Waals surface area contributed by atoms with Crippen LogP contribution in [0.4, 0.5) is 4.79 Å². The second-order valence-corrected chi connectivity index (χ2v) is 13.6. The summed E-state index contributed by atoms with van der Waals surface area (Å²) in [6, 6.07) is 5.93. The third-order valence-electron chi connectivity index (χ3n) is 6.80. The van der Waals surface area contributed by atoms with Gasteiger partial charge in [0.05, 0.1) is 22.2 Å². The third-order valence-corrected chi connectivity index (χ3v) is 7.77. The number of nitrogens with zero attached hydrogens (tertiary/aromatic N) is 3. The average molecular weight is 602 g/mol. The standard InChI is InChI=1S/C30H43N5O6S/c1-18-24(42-17-32-18)20-11-9-19(10-12-20)14-31-26(38)22-13-21(36)15-35(22)27(39)25(29(2,3)4)33-23(37)16-34(8)28(40)41-30(5,6)7/h9-12,17,21-22,25,36H,13-16H2,1-8H3,(H,31,38)(H,33,37)/t21-,22+,25-/m1/s1. The minimum Gasteiger partial charge on any atom is -0.444 e. The third kappa shape index (κ3) is 8.75. The van der Waals surface area contributed by atoms with Crippen molar-refractivity contribution in [2.75, 3.05) is 20.1 Å². The maximum absolute atomic E-state index is 13.8. The van der Waals surface area contributed by atoms with E-state index in [4.69, 9.17) is 4.74 Å². The number of carbonyl (C=O) groups is 4. The molecule has 0 unspecified atom stereocenters. The van der Waals surface area contributed by atoms with Gasteiger partial charge in [-0.2, -0.15) is 0 Å². The second kappa shape index (κ2) is 13.2. The Morgan fingerprint density at radius 1 is 1.14 bits per heavy atom. The molecule has 1 aromatic carbocycles. The lowest BCUT2D eigenvalue weighted by atomic mass is 9.85. The van der Waals surface area contributed by atoms with Crippen LogP contribution >= 0.6 is 11.3 Å². The normalized spacial score (nSPS) is 17.9. The molecule has 12 heteroatoms. The Bertz CT molecular complexity index is 1280. The van der Waals surface area contributed by atoms with Gasteiger partial charge in [-0.3, -0.25) is 14.4 Å². The molecule has 1 fully saturated rings. The molecule has 1 aliphatic heterocycles. The van der Waals surface area contributed by atoms with E-state index in [-0.39, 0.29) is 32.0 Å². The van der Waals surface area contributed by atoms with Crippen molar-refractivity contribution >= 4 is 35.2 Å². The van der Waals surface area contributed by atoms with Crippen molar-refractivity contribution in [2.24, 2.45) is 5.41 Å². The zero-order valence-corrected chi connectivity index (χ0v) is 26.5. The molecule has 230 valence electrons. The van der Waals surface area contributed by atoms with Crippen LogP contribution in [0, 0.1) is 12.3 Å². The van der Waals surface area contributed by atoms with Crippen LogP contribution in [0.1, 0.15) is 59.2 Å². The summed E-state index contributed by atoms with van der Waals surface area (Å²) in [5, 5.41) is 16.0. The number of β-amino-alcohol motifs (C(OH)–C–C–N with tert-alkyl or cyclic N) is 1. The lowest BCUT2D eigenvalue weighted by Gasteiger charge is -2.35. The number of likely N-dealkylation sites (N-methyl/N-ethyl adjacent to an activating group) is 1. The fraction of sp³-hybridized carbons (Fsp3) is 0.567. The molecule has 0 aliphatic carbocycles. The number of ether oxygens (including phenoxy) is 1. The number of amides is 4. The quantitative estimate of drug-likeness (QED) is 0.422. The van der Waals surface area contributed by atoms with Crippen molar-refractivity contribution in [3.05, 3.63) is 41.0 Å². The van der Waals surface area contributed by atoms with E-state index >= 15 is 0 Å². The van der Waals surface area contributed by atoms with Crippen LogP contribution in [0.3, 0.4) is 0 Å². The maximum Gasteiger partial charge on any atom is 0.410 e. The van der Waals surface area contributed by atoms with Crippen LogP contribution in [0.5, 0.6) is 0 Å². The number of aliphatic hydroxyl groups excluding tert-OH is 1. The summed E-state index contributed by atoms with van der Waals surface area (Å²) in [6.45, 7) is 12.4. The van der Waals surface area contributed by atoms with Gasteiger partial charge in [-0.05, 0) is 44.2 Å². The lowest BCUT2D eigenvalue weighted by molar-refractivity contribution is -0.144.